The predicted molar refractivity (Wildman–Crippen MR) is 92.4 cm³/mol. The van der Waals surface area contributed by atoms with Gasteiger partial charge in [-0.1, -0.05) is 48.5 Å². The molecule has 0 fully saturated rings. The Morgan fingerprint density at radius 1 is 0.667 bits per heavy atom. The van der Waals surface area contributed by atoms with Gasteiger partial charge in [-0.25, -0.2) is 4.79 Å². The maximum Gasteiger partial charge on any atom is 0.417 e. The summed E-state index contributed by atoms with van der Waals surface area (Å²) >= 11 is 0. The Morgan fingerprint density at radius 2 is 1.21 bits per heavy atom. The molecule has 0 atom stereocenters. The summed E-state index contributed by atoms with van der Waals surface area (Å²) in [7, 11) is 0. The monoisotopic (exact) mass is 317 g/mol. The van der Waals surface area contributed by atoms with E-state index in [1.165, 1.54) is 0 Å². The predicted octanol–water partition coefficient (Wildman–Crippen LogP) is 4.53. The number of carbonyl (C=O) groups excluding carboxylic acids is 2. The molecule has 0 saturated carbocycles. The standard InChI is InChI=1S/C20H15NO3/c22-19(15-7-3-1-4-8-15)16-11-13-18(14-12-16)24-20(23)21-17-9-5-2-6-10-17/h1-14H,(H,21,23). The Balaban J connectivity index is 1.64. The average molecular weight is 317 g/mol. The van der Waals surface area contributed by atoms with Gasteiger partial charge >= 0.3 is 6.09 Å². The van der Waals surface area contributed by atoms with Crippen LogP contribution in [0.4, 0.5) is 10.5 Å². The lowest BCUT2D eigenvalue weighted by Crippen LogP contribution is -2.16. The number of amides is 1. The molecule has 0 unspecified atom stereocenters. The summed E-state index contributed by atoms with van der Waals surface area (Å²) in [5.74, 6) is 0.295. The van der Waals surface area contributed by atoms with Crippen molar-refractivity contribution in [2.45, 2.75) is 0 Å². The zero-order valence-corrected chi connectivity index (χ0v) is 12.8. The van der Waals surface area contributed by atoms with E-state index in [9.17, 15) is 9.59 Å². The molecule has 4 nitrogen and oxygen atoms in total. The summed E-state index contributed by atoms with van der Waals surface area (Å²) < 4.78 is 5.20. The van der Waals surface area contributed by atoms with Gasteiger partial charge in [-0.05, 0) is 36.4 Å². The lowest BCUT2D eigenvalue weighted by molar-refractivity contribution is 0.103. The number of rotatable bonds is 4. The van der Waals surface area contributed by atoms with Gasteiger partial charge in [0.15, 0.2) is 5.78 Å². The number of hydrogen-bond acceptors (Lipinski definition) is 3. The van der Waals surface area contributed by atoms with Gasteiger partial charge in [0.2, 0.25) is 0 Å². The summed E-state index contributed by atoms with van der Waals surface area (Å²) in [5.41, 5.74) is 1.81. The van der Waals surface area contributed by atoms with Gasteiger partial charge < -0.3 is 4.74 Å². The van der Waals surface area contributed by atoms with Crippen LogP contribution in [-0.4, -0.2) is 11.9 Å². The van der Waals surface area contributed by atoms with Crippen molar-refractivity contribution in [3.8, 4) is 5.75 Å². The third-order valence-electron chi connectivity index (χ3n) is 3.38. The summed E-state index contributed by atoms with van der Waals surface area (Å²) in [4.78, 5) is 24.1. The highest BCUT2D eigenvalue weighted by Gasteiger charge is 2.10. The first-order valence-corrected chi connectivity index (χ1v) is 7.46. The molecule has 0 aliphatic carbocycles. The highest BCUT2D eigenvalue weighted by atomic mass is 16.6. The van der Waals surface area contributed by atoms with Crippen molar-refractivity contribution in [1.82, 2.24) is 0 Å². The molecule has 118 valence electrons. The number of nitrogens with one attached hydrogen (secondary N) is 1. The molecule has 0 aliphatic heterocycles. The molecular weight excluding hydrogens is 302 g/mol. The Bertz CT molecular complexity index is 828. The van der Waals surface area contributed by atoms with Gasteiger partial charge in [0, 0.05) is 16.8 Å². The molecule has 0 bridgehead atoms. The van der Waals surface area contributed by atoms with Crippen LogP contribution >= 0.6 is 0 Å². The lowest BCUT2D eigenvalue weighted by atomic mass is 10.0. The van der Waals surface area contributed by atoms with Crippen LogP contribution < -0.4 is 10.1 Å². The van der Waals surface area contributed by atoms with Crippen molar-refractivity contribution >= 4 is 17.6 Å². The zero-order valence-electron chi connectivity index (χ0n) is 12.8. The Kier molecular flexibility index (Phi) is 4.68. The highest BCUT2D eigenvalue weighted by molar-refractivity contribution is 6.09. The first-order chi connectivity index (χ1) is 11.7. The Morgan fingerprint density at radius 3 is 1.83 bits per heavy atom. The molecule has 0 saturated heterocycles. The van der Waals surface area contributed by atoms with E-state index in [-0.39, 0.29) is 5.78 Å². The molecule has 1 amide bonds. The van der Waals surface area contributed by atoms with Crippen molar-refractivity contribution in [1.29, 1.82) is 0 Å². The first-order valence-electron chi connectivity index (χ1n) is 7.46. The van der Waals surface area contributed by atoms with Gasteiger partial charge in [0.1, 0.15) is 5.75 Å². The summed E-state index contributed by atoms with van der Waals surface area (Å²) in [5, 5.41) is 2.63. The summed E-state index contributed by atoms with van der Waals surface area (Å²) in [6.45, 7) is 0. The molecule has 3 aromatic carbocycles. The fourth-order valence-corrected chi connectivity index (χ4v) is 2.20. The van der Waals surface area contributed by atoms with Crippen LogP contribution in [0, 0.1) is 0 Å². The lowest BCUT2D eigenvalue weighted by Gasteiger charge is -2.07. The minimum atomic E-state index is -0.580. The molecule has 0 aliphatic rings. The van der Waals surface area contributed by atoms with E-state index in [0.29, 0.717) is 22.6 Å². The highest BCUT2D eigenvalue weighted by Crippen LogP contribution is 2.16. The van der Waals surface area contributed by atoms with Crippen molar-refractivity contribution in [2.24, 2.45) is 0 Å². The molecule has 0 radical (unpaired) electrons. The molecular formula is C20H15NO3. The van der Waals surface area contributed by atoms with Crippen LogP contribution in [0.25, 0.3) is 0 Å². The Labute approximate surface area is 139 Å². The molecule has 24 heavy (non-hydrogen) atoms. The SMILES string of the molecule is O=C(Nc1ccccc1)Oc1ccc(C(=O)c2ccccc2)cc1. The third kappa shape index (κ3) is 3.87. The molecule has 3 rings (SSSR count). The maximum absolute atomic E-state index is 12.3. The fourth-order valence-electron chi connectivity index (χ4n) is 2.20. The van der Waals surface area contributed by atoms with Gasteiger partial charge in [-0.3, -0.25) is 10.1 Å². The van der Waals surface area contributed by atoms with Crippen LogP contribution in [0.3, 0.4) is 0 Å². The van der Waals surface area contributed by atoms with Crippen molar-refractivity contribution < 1.29 is 14.3 Å². The quantitative estimate of drug-likeness (QED) is 0.719. The van der Waals surface area contributed by atoms with Crippen LogP contribution in [-0.2, 0) is 0 Å². The number of carbonyl (C=O) groups is 2. The number of hydrogen-bond donors (Lipinski definition) is 1. The minimum absolute atomic E-state index is 0.0733. The van der Waals surface area contributed by atoms with Gasteiger partial charge in [-0.2, -0.15) is 0 Å². The van der Waals surface area contributed by atoms with E-state index >= 15 is 0 Å². The second-order valence-corrected chi connectivity index (χ2v) is 5.10. The average Bonchev–Trinajstić information content (AvgIpc) is 2.63. The topological polar surface area (TPSA) is 55.4 Å². The minimum Gasteiger partial charge on any atom is -0.410 e. The second-order valence-electron chi connectivity index (χ2n) is 5.10. The zero-order chi connectivity index (χ0) is 16.8. The van der Waals surface area contributed by atoms with E-state index in [0.717, 1.165) is 0 Å². The molecule has 0 spiro atoms. The molecule has 4 heteroatoms. The number of ether oxygens (including phenoxy) is 1. The third-order valence-corrected chi connectivity index (χ3v) is 3.38. The van der Waals surface area contributed by atoms with Crippen molar-refractivity contribution in [3.05, 3.63) is 96.1 Å². The fraction of sp³-hybridized carbons (Fsp3) is 0. The molecule has 0 heterocycles. The van der Waals surface area contributed by atoms with Gasteiger partial charge in [0.25, 0.3) is 0 Å². The smallest absolute Gasteiger partial charge is 0.410 e. The largest absolute Gasteiger partial charge is 0.417 e. The van der Waals surface area contributed by atoms with Crippen LogP contribution in [0.5, 0.6) is 5.75 Å². The van der Waals surface area contributed by atoms with E-state index < -0.39 is 6.09 Å². The van der Waals surface area contributed by atoms with E-state index in [1.54, 1.807) is 48.5 Å². The molecule has 0 aromatic heterocycles. The summed E-state index contributed by atoms with van der Waals surface area (Å²) in [6.07, 6.45) is -0.580. The van der Waals surface area contributed by atoms with Crippen LogP contribution in [0.2, 0.25) is 0 Å². The van der Waals surface area contributed by atoms with Crippen molar-refractivity contribution in [2.75, 3.05) is 5.32 Å². The number of para-hydroxylation sites is 1. The maximum atomic E-state index is 12.3. The number of benzene rings is 3. The first kappa shape index (κ1) is 15.5. The molecule has 1 N–H and O–H groups in total. The van der Waals surface area contributed by atoms with E-state index in [4.69, 9.17) is 4.74 Å². The second kappa shape index (κ2) is 7.24. The van der Waals surface area contributed by atoms with Crippen LogP contribution in [0.1, 0.15) is 15.9 Å². The Hall–Kier alpha value is -3.40. The van der Waals surface area contributed by atoms with Crippen LogP contribution in [0.15, 0.2) is 84.9 Å². The van der Waals surface area contributed by atoms with Gasteiger partial charge in [-0.15, -0.1) is 0 Å². The summed E-state index contributed by atoms with van der Waals surface area (Å²) in [6, 6.07) is 24.5. The van der Waals surface area contributed by atoms with Gasteiger partial charge in [0.05, 0.1) is 0 Å². The van der Waals surface area contributed by atoms with Crippen molar-refractivity contribution in [3.63, 3.8) is 0 Å². The number of anilines is 1. The van der Waals surface area contributed by atoms with E-state index in [2.05, 4.69) is 5.32 Å². The normalized spacial score (nSPS) is 10.0. The number of ketones is 1. The van der Waals surface area contributed by atoms with E-state index in [1.807, 2.05) is 36.4 Å². The molecule has 3 aromatic rings.